The molecule has 136 valence electrons. The smallest absolute Gasteiger partial charge is 0.263 e. The van der Waals surface area contributed by atoms with Crippen molar-refractivity contribution in [1.29, 1.82) is 0 Å². The zero-order valence-corrected chi connectivity index (χ0v) is 15.1. The standard InChI is InChI=1S/C20H20N6O/c1-21-20-23-11-15-18(24-20)25-10-4-5-13(25)12-26(19(15)27)17-8-2-7-16-14(17)6-3-9-22-16/h2-3,6-9,11,13H,4-5,10,12H2,1H3,(H,21,23,24)/t13-/m0/s1. The summed E-state index contributed by atoms with van der Waals surface area (Å²) in [5, 5.41) is 3.96. The van der Waals surface area contributed by atoms with Crippen molar-refractivity contribution in [2.75, 3.05) is 35.3 Å². The highest BCUT2D eigenvalue weighted by Crippen LogP contribution is 2.35. The van der Waals surface area contributed by atoms with Crippen LogP contribution in [-0.2, 0) is 0 Å². The molecule has 7 nitrogen and oxygen atoms in total. The topological polar surface area (TPSA) is 74.2 Å². The lowest BCUT2D eigenvalue weighted by Crippen LogP contribution is -2.39. The number of carbonyl (C=O) groups excluding carboxylic acids is 1. The Kier molecular flexibility index (Phi) is 3.67. The average Bonchev–Trinajstić information content (AvgIpc) is 3.15. The summed E-state index contributed by atoms with van der Waals surface area (Å²) in [4.78, 5) is 31.0. The van der Waals surface area contributed by atoms with E-state index in [0.29, 0.717) is 18.1 Å². The SMILES string of the molecule is CNc1ncc2c(n1)N1CCC[C@H]1CN(c1cccc3ncccc13)C2=O. The van der Waals surface area contributed by atoms with Gasteiger partial charge in [0.1, 0.15) is 11.4 Å². The van der Waals surface area contributed by atoms with Gasteiger partial charge in [0, 0.05) is 44.0 Å². The molecule has 0 bridgehead atoms. The Bertz CT molecular complexity index is 1030. The lowest BCUT2D eigenvalue weighted by Gasteiger charge is -2.27. The van der Waals surface area contributed by atoms with Gasteiger partial charge < -0.3 is 15.1 Å². The van der Waals surface area contributed by atoms with Crippen molar-refractivity contribution < 1.29 is 4.79 Å². The van der Waals surface area contributed by atoms with Crippen LogP contribution in [0.5, 0.6) is 0 Å². The number of carbonyl (C=O) groups is 1. The second-order valence-electron chi connectivity index (χ2n) is 6.93. The third-order valence-electron chi connectivity index (χ3n) is 5.42. The van der Waals surface area contributed by atoms with Crippen molar-refractivity contribution in [1.82, 2.24) is 15.0 Å². The maximum atomic E-state index is 13.5. The highest BCUT2D eigenvalue weighted by molar-refractivity contribution is 6.13. The van der Waals surface area contributed by atoms with Gasteiger partial charge in [-0.3, -0.25) is 9.78 Å². The van der Waals surface area contributed by atoms with Gasteiger partial charge in [-0.25, -0.2) is 4.98 Å². The van der Waals surface area contributed by atoms with E-state index in [2.05, 4.69) is 25.2 Å². The number of benzene rings is 1. The molecule has 0 unspecified atom stereocenters. The molecular formula is C20H20N6O. The van der Waals surface area contributed by atoms with E-state index in [4.69, 9.17) is 0 Å². The lowest BCUT2D eigenvalue weighted by atomic mass is 10.1. The number of nitrogens with one attached hydrogen (secondary N) is 1. The number of rotatable bonds is 2. The Morgan fingerprint density at radius 3 is 3.00 bits per heavy atom. The van der Waals surface area contributed by atoms with E-state index in [0.717, 1.165) is 41.8 Å². The second kappa shape index (κ2) is 6.19. The minimum atomic E-state index is -0.0570. The fourth-order valence-corrected chi connectivity index (χ4v) is 4.14. The van der Waals surface area contributed by atoms with Gasteiger partial charge in [-0.05, 0) is 37.1 Å². The van der Waals surface area contributed by atoms with Gasteiger partial charge in [0.25, 0.3) is 5.91 Å². The Labute approximate surface area is 157 Å². The third kappa shape index (κ3) is 2.50. The molecule has 4 heterocycles. The van der Waals surface area contributed by atoms with Crippen LogP contribution in [0.25, 0.3) is 10.9 Å². The molecule has 0 aliphatic carbocycles. The number of amides is 1. The molecule has 0 radical (unpaired) electrons. The zero-order chi connectivity index (χ0) is 18.4. The summed E-state index contributed by atoms with van der Waals surface area (Å²) in [5.41, 5.74) is 2.33. The van der Waals surface area contributed by atoms with E-state index >= 15 is 0 Å². The molecule has 0 saturated carbocycles. The number of hydrogen-bond donors (Lipinski definition) is 1. The predicted molar refractivity (Wildman–Crippen MR) is 105 cm³/mol. The average molecular weight is 360 g/mol. The van der Waals surface area contributed by atoms with E-state index in [1.807, 2.05) is 35.2 Å². The van der Waals surface area contributed by atoms with Crippen LogP contribution in [0.2, 0.25) is 0 Å². The van der Waals surface area contributed by atoms with Crippen molar-refractivity contribution in [3.8, 4) is 0 Å². The quantitative estimate of drug-likeness (QED) is 0.757. The van der Waals surface area contributed by atoms with Crippen LogP contribution in [0.3, 0.4) is 0 Å². The Morgan fingerprint density at radius 1 is 1.19 bits per heavy atom. The molecule has 3 aromatic rings. The third-order valence-corrected chi connectivity index (χ3v) is 5.42. The molecule has 5 rings (SSSR count). The molecule has 7 heteroatoms. The Hall–Kier alpha value is -3.22. The Balaban J connectivity index is 1.69. The molecule has 27 heavy (non-hydrogen) atoms. The maximum Gasteiger partial charge on any atom is 0.263 e. The van der Waals surface area contributed by atoms with Crippen LogP contribution in [0, 0.1) is 0 Å². The van der Waals surface area contributed by atoms with Crippen LogP contribution in [0.4, 0.5) is 17.5 Å². The molecule has 2 aliphatic heterocycles. The molecule has 2 aromatic heterocycles. The fraction of sp³-hybridized carbons (Fsp3) is 0.300. The highest BCUT2D eigenvalue weighted by atomic mass is 16.2. The Morgan fingerprint density at radius 2 is 2.11 bits per heavy atom. The summed E-state index contributed by atoms with van der Waals surface area (Å²) in [7, 11) is 1.79. The molecule has 1 amide bonds. The minimum absolute atomic E-state index is 0.0570. The summed E-state index contributed by atoms with van der Waals surface area (Å²) in [5.74, 6) is 1.22. The van der Waals surface area contributed by atoms with Crippen LogP contribution < -0.4 is 15.1 Å². The molecule has 1 atom stereocenters. The summed E-state index contributed by atoms with van der Waals surface area (Å²) < 4.78 is 0. The number of pyridine rings is 1. The summed E-state index contributed by atoms with van der Waals surface area (Å²) in [6.45, 7) is 1.55. The van der Waals surface area contributed by atoms with Crippen LogP contribution in [-0.4, -0.2) is 47.0 Å². The number of anilines is 3. The van der Waals surface area contributed by atoms with Gasteiger partial charge in [-0.1, -0.05) is 6.07 Å². The molecule has 2 aliphatic rings. The van der Waals surface area contributed by atoms with Crippen LogP contribution in [0.15, 0.2) is 42.7 Å². The van der Waals surface area contributed by atoms with Gasteiger partial charge in [0.2, 0.25) is 5.95 Å². The second-order valence-corrected chi connectivity index (χ2v) is 6.93. The van der Waals surface area contributed by atoms with E-state index < -0.39 is 0 Å². The largest absolute Gasteiger partial charge is 0.357 e. The first-order valence-corrected chi connectivity index (χ1v) is 9.23. The van der Waals surface area contributed by atoms with Gasteiger partial charge in [-0.15, -0.1) is 0 Å². The number of fused-ring (bicyclic) bond motifs is 4. The van der Waals surface area contributed by atoms with Gasteiger partial charge in [0.05, 0.1) is 11.2 Å². The summed E-state index contributed by atoms with van der Waals surface area (Å²) in [6, 6.07) is 10.1. The van der Waals surface area contributed by atoms with E-state index in [1.54, 1.807) is 19.4 Å². The molecule has 1 N–H and O–H groups in total. The summed E-state index contributed by atoms with van der Waals surface area (Å²) >= 11 is 0. The van der Waals surface area contributed by atoms with Crippen LogP contribution >= 0.6 is 0 Å². The van der Waals surface area contributed by atoms with Crippen molar-refractivity contribution in [3.63, 3.8) is 0 Å². The number of nitrogens with zero attached hydrogens (tertiary/aromatic N) is 5. The lowest BCUT2D eigenvalue weighted by molar-refractivity contribution is 0.0988. The number of aromatic nitrogens is 3. The molecule has 1 aromatic carbocycles. The van der Waals surface area contributed by atoms with Crippen molar-refractivity contribution in [2.45, 2.75) is 18.9 Å². The van der Waals surface area contributed by atoms with Gasteiger partial charge in [0.15, 0.2) is 0 Å². The summed E-state index contributed by atoms with van der Waals surface area (Å²) in [6.07, 6.45) is 5.57. The van der Waals surface area contributed by atoms with Gasteiger partial charge in [-0.2, -0.15) is 4.98 Å². The van der Waals surface area contributed by atoms with Crippen molar-refractivity contribution in [2.24, 2.45) is 0 Å². The molecule has 1 saturated heterocycles. The first kappa shape index (κ1) is 16.0. The van der Waals surface area contributed by atoms with Crippen molar-refractivity contribution >= 4 is 34.3 Å². The van der Waals surface area contributed by atoms with E-state index in [-0.39, 0.29) is 11.9 Å². The van der Waals surface area contributed by atoms with E-state index in [1.165, 1.54) is 0 Å². The minimum Gasteiger partial charge on any atom is -0.357 e. The monoisotopic (exact) mass is 360 g/mol. The van der Waals surface area contributed by atoms with Crippen molar-refractivity contribution in [3.05, 3.63) is 48.3 Å². The number of hydrogen-bond acceptors (Lipinski definition) is 6. The maximum absolute atomic E-state index is 13.5. The zero-order valence-electron chi connectivity index (χ0n) is 15.1. The normalized spacial score (nSPS) is 19.0. The molecular weight excluding hydrogens is 340 g/mol. The molecule has 0 spiro atoms. The predicted octanol–water partition coefficient (Wildman–Crippen LogP) is 2.70. The highest BCUT2D eigenvalue weighted by Gasteiger charge is 2.37. The van der Waals surface area contributed by atoms with Crippen LogP contribution in [0.1, 0.15) is 23.2 Å². The first-order valence-electron chi connectivity index (χ1n) is 9.23. The first-order chi connectivity index (χ1) is 13.3. The molecule has 1 fully saturated rings. The van der Waals surface area contributed by atoms with Gasteiger partial charge >= 0.3 is 0 Å². The fourth-order valence-electron chi connectivity index (χ4n) is 4.14. The van der Waals surface area contributed by atoms with E-state index in [9.17, 15) is 4.79 Å².